The van der Waals surface area contributed by atoms with E-state index in [0.717, 1.165) is 31.0 Å². The average molecular weight is 273 g/mol. The Morgan fingerprint density at radius 3 is 3.10 bits per heavy atom. The Kier molecular flexibility index (Phi) is 3.66. The van der Waals surface area contributed by atoms with E-state index < -0.39 is 0 Å². The lowest BCUT2D eigenvalue weighted by atomic mass is 9.85. The zero-order valence-corrected chi connectivity index (χ0v) is 11.5. The molecular weight excluding hydrogens is 254 g/mol. The van der Waals surface area contributed by atoms with E-state index in [1.54, 1.807) is 11.0 Å². The van der Waals surface area contributed by atoms with Crippen molar-refractivity contribution < 1.29 is 4.74 Å². The van der Waals surface area contributed by atoms with Crippen molar-refractivity contribution in [2.45, 2.75) is 24.8 Å². The second kappa shape index (κ2) is 5.60. The van der Waals surface area contributed by atoms with Gasteiger partial charge in [-0.15, -0.1) is 0 Å². The first-order valence-electron chi connectivity index (χ1n) is 6.80. The molecule has 1 aromatic carbocycles. The van der Waals surface area contributed by atoms with Gasteiger partial charge in [0.25, 0.3) is 0 Å². The molecule has 106 valence electrons. The molecular formula is C14H19N5O. The number of fused-ring (bicyclic) bond motifs is 1. The van der Waals surface area contributed by atoms with Gasteiger partial charge in [0.2, 0.25) is 0 Å². The minimum atomic E-state index is 0.114. The summed E-state index contributed by atoms with van der Waals surface area (Å²) in [5.74, 6) is 7.99. The number of hydrazine groups is 1. The number of hydrogen-bond acceptors (Lipinski definition) is 5. The van der Waals surface area contributed by atoms with Gasteiger partial charge in [0, 0.05) is 25.4 Å². The number of nitrogens with one attached hydrogen (secondary N) is 1. The number of rotatable bonds is 4. The lowest BCUT2D eigenvalue weighted by Gasteiger charge is -2.31. The van der Waals surface area contributed by atoms with Gasteiger partial charge in [0.05, 0.1) is 6.61 Å². The first-order valence-corrected chi connectivity index (χ1v) is 6.80. The molecule has 20 heavy (non-hydrogen) atoms. The van der Waals surface area contributed by atoms with Crippen LogP contribution in [0.5, 0.6) is 5.75 Å². The van der Waals surface area contributed by atoms with Gasteiger partial charge in [-0.2, -0.15) is 5.10 Å². The molecule has 2 atom stereocenters. The standard InChI is InChI=1S/C14H19N5O/c1-19-14(16-9-17-19)8-12(18-15)10-6-7-20-13-5-3-2-4-11(10)13/h2-5,9-10,12,18H,6-8,15H2,1H3. The van der Waals surface area contributed by atoms with Gasteiger partial charge in [0.15, 0.2) is 0 Å². The molecule has 2 unspecified atom stereocenters. The number of nitrogens with zero attached hydrogens (tertiary/aromatic N) is 3. The number of aryl methyl sites for hydroxylation is 1. The van der Waals surface area contributed by atoms with E-state index in [9.17, 15) is 0 Å². The Morgan fingerprint density at radius 2 is 2.35 bits per heavy atom. The van der Waals surface area contributed by atoms with Crippen LogP contribution in [0.3, 0.4) is 0 Å². The highest BCUT2D eigenvalue weighted by Crippen LogP contribution is 2.36. The van der Waals surface area contributed by atoms with E-state index >= 15 is 0 Å². The van der Waals surface area contributed by atoms with Crippen molar-refractivity contribution in [3.05, 3.63) is 42.0 Å². The summed E-state index contributed by atoms with van der Waals surface area (Å²) in [5.41, 5.74) is 4.15. The fourth-order valence-corrected chi connectivity index (χ4v) is 2.81. The van der Waals surface area contributed by atoms with Crippen molar-refractivity contribution in [1.29, 1.82) is 0 Å². The molecule has 0 saturated heterocycles. The smallest absolute Gasteiger partial charge is 0.138 e. The normalized spacial score (nSPS) is 19.2. The second-order valence-corrected chi connectivity index (χ2v) is 5.06. The predicted octanol–water partition coefficient (Wildman–Crippen LogP) is 0.756. The van der Waals surface area contributed by atoms with Crippen molar-refractivity contribution in [2.75, 3.05) is 6.61 Å². The third-order valence-electron chi connectivity index (χ3n) is 3.91. The molecule has 6 nitrogen and oxygen atoms in total. The Bertz CT molecular complexity index is 582. The van der Waals surface area contributed by atoms with Crippen LogP contribution in [0.15, 0.2) is 30.6 Å². The molecule has 3 rings (SSSR count). The van der Waals surface area contributed by atoms with Crippen LogP contribution in [-0.2, 0) is 13.5 Å². The molecule has 2 heterocycles. The van der Waals surface area contributed by atoms with Crippen LogP contribution in [0.4, 0.5) is 0 Å². The summed E-state index contributed by atoms with van der Waals surface area (Å²) in [6, 6.07) is 8.27. The Morgan fingerprint density at radius 1 is 1.50 bits per heavy atom. The van der Waals surface area contributed by atoms with Crippen molar-refractivity contribution in [3.8, 4) is 5.75 Å². The number of hydrogen-bond donors (Lipinski definition) is 2. The summed E-state index contributed by atoms with van der Waals surface area (Å²) in [7, 11) is 1.90. The third-order valence-corrected chi connectivity index (χ3v) is 3.91. The highest BCUT2D eigenvalue weighted by molar-refractivity contribution is 5.38. The monoisotopic (exact) mass is 273 g/mol. The zero-order valence-electron chi connectivity index (χ0n) is 11.5. The van der Waals surface area contributed by atoms with Crippen LogP contribution in [0.25, 0.3) is 0 Å². The molecule has 3 N–H and O–H groups in total. The fraction of sp³-hybridized carbons (Fsp3) is 0.429. The molecule has 0 spiro atoms. The topological polar surface area (TPSA) is 78.0 Å². The van der Waals surface area contributed by atoms with Crippen LogP contribution in [-0.4, -0.2) is 27.4 Å². The lowest BCUT2D eigenvalue weighted by Crippen LogP contribution is -2.43. The van der Waals surface area contributed by atoms with Crippen molar-refractivity contribution in [2.24, 2.45) is 12.9 Å². The summed E-state index contributed by atoms with van der Waals surface area (Å²) in [6.45, 7) is 0.721. The summed E-state index contributed by atoms with van der Waals surface area (Å²) in [4.78, 5) is 4.28. The molecule has 0 saturated carbocycles. The van der Waals surface area contributed by atoms with Gasteiger partial charge < -0.3 is 4.74 Å². The molecule has 1 aromatic heterocycles. The second-order valence-electron chi connectivity index (χ2n) is 5.06. The van der Waals surface area contributed by atoms with Crippen LogP contribution >= 0.6 is 0 Å². The Labute approximate surface area is 117 Å². The van der Waals surface area contributed by atoms with Gasteiger partial charge in [-0.05, 0) is 18.1 Å². The van der Waals surface area contributed by atoms with Gasteiger partial charge in [-0.3, -0.25) is 16.0 Å². The van der Waals surface area contributed by atoms with Gasteiger partial charge >= 0.3 is 0 Å². The van der Waals surface area contributed by atoms with E-state index in [1.807, 2.05) is 25.2 Å². The van der Waals surface area contributed by atoms with E-state index in [2.05, 4.69) is 21.6 Å². The predicted molar refractivity (Wildman–Crippen MR) is 75.1 cm³/mol. The van der Waals surface area contributed by atoms with E-state index in [4.69, 9.17) is 10.6 Å². The fourth-order valence-electron chi connectivity index (χ4n) is 2.81. The van der Waals surface area contributed by atoms with Crippen LogP contribution in [0, 0.1) is 0 Å². The van der Waals surface area contributed by atoms with Gasteiger partial charge in [-0.1, -0.05) is 18.2 Å². The first kappa shape index (κ1) is 13.1. The van der Waals surface area contributed by atoms with Crippen molar-refractivity contribution in [1.82, 2.24) is 20.2 Å². The van der Waals surface area contributed by atoms with Crippen molar-refractivity contribution >= 4 is 0 Å². The zero-order chi connectivity index (χ0) is 13.9. The lowest BCUT2D eigenvalue weighted by molar-refractivity contribution is 0.243. The first-order chi connectivity index (χ1) is 9.79. The maximum atomic E-state index is 5.78. The molecule has 2 aromatic rings. The largest absolute Gasteiger partial charge is 0.493 e. The number of para-hydroxylation sites is 1. The van der Waals surface area contributed by atoms with Crippen LogP contribution < -0.4 is 16.0 Å². The maximum Gasteiger partial charge on any atom is 0.138 e. The molecule has 1 aliphatic rings. The number of ether oxygens (including phenoxy) is 1. The molecule has 0 fully saturated rings. The van der Waals surface area contributed by atoms with E-state index in [1.165, 1.54) is 5.56 Å². The Hall–Kier alpha value is -1.92. The molecule has 6 heteroatoms. The minimum absolute atomic E-state index is 0.114. The summed E-state index contributed by atoms with van der Waals surface area (Å²) in [6.07, 6.45) is 3.26. The third kappa shape index (κ3) is 2.39. The molecule has 0 aliphatic carbocycles. The summed E-state index contributed by atoms with van der Waals surface area (Å²) < 4.78 is 7.49. The van der Waals surface area contributed by atoms with E-state index in [-0.39, 0.29) is 6.04 Å². The molecule has 0 bridgehead atoms. The minimum Gasteiger partial charge on any atom is -0.493 e. The highest BCUT2D eigenvalue weighted by atomic mass is 16.5. The average Bonchev–Trinajstić information content (AvgIpc) is 2.89. The maximum absolute atomic E-state index is 5.78. The Balaban J connectivity index is 1.85. The number of benzene rings is 1. The number of aromatic nitrogens is 3. The number of nitrogens with two attached hydrogens (primary N) is 1. The highest BCUT2D eigenvalue weighted by Gasteiger charge is 2.29. The van der Waals surface area contributed by atoms with Gasteiger partial charge in [-0.25, -0.2) is 4.98 Å². The SMILES string of the molecule is Cn1ncnc1CC(NN)C1CCOc2ccccc21. The molecule has 0 radical (unpaired) electrons. The molecule has 1 aliphatic heterocycles. The van der Waals surface area contributed by atoms with Gasteiger partial charge in [0.1, 0.15) is 17.9 Å². The quantitative estimate of drug-likeness (QED) is 0.635. The van der Waals surface area contributed by atoms with Crippen LogP contribution in [0.2, 0.25) is 0 Å². The summed E-state index contributed by atoms with van der Waals surface area (Å²) in [5, 5.41) is 4.11. The summed E-state index contributed by atoms with van der Waals surface area (Å²) >= 11 is 0. The van der Waals surface area contributed by atoms with Crippen LogP contribution in [0.1, 0.15) is 23.7 Å². The van der Waals surface area contributed by atoms with E-state index in [0.29, 0.717) is 5.92 Å². The molecule has 0 amide bonds. The van der Waals surface area contributed by atoms with Crippen molar-refractivity contribution in [3.63, 3.8) is 0 Å².